The number of amides is 1. The SMILES string of the molecule is Cc1ccc(C(=O)O[C@H](C)C(=O)Nc2cccc3ccccc23)cc1. The number of esters is 1. The Balaban J connectivity index is 1.70. The van der Waals surface area contributed by atoms with Crippen LogP contribution in [-0.2, 0) is 9.53 Å². The van der Waals surface area contributed by atoms with E-state index in [9.17, 15) is 9.59 Å². The van der Waals surface area contributed by atoms with Gasteiger partial charge in [-0.1, -0.05) is 54.1 Å². The number of rotatable bonds is 4. The van der Waals surface area contributed by atoms with Crippen LogP contribution in [0.3, 0.4) is 0 Å². The van der Waals surface area contributed by atoms with Crippen LogP contribution in [0.5, 0.6) is 0 Å². The Hall–Kier alpha value is -3.14. The van der Waals surface area contributed by atoms with Gasteiger partial charge in [0.25, 0.3) is 5.91 Å². The van der Waals surface area contributed by atoms with Crippen LogP contribution in [0, 0.1) is 6.92 Å². The van der Waals surface area contributed by atoms with Crippen molar-refractivity contribution in [1.29, 1.82) is 0 Å². The normalized spacial score (nSPS) is 11.8. The minimum absolute atomic E-state index is 0.364. The molecular formula is C21H19NO3. The van der Waals surface area contributed by atoms with Crippen molar-refractivity contribution in [3.63, 3.8) is 0 Å². The molecule has 1 atom stereocenters. The first kappa shape index (κ1) is 16.7. The van der Waals surface area contributed by atoms with Crippen LogP contribution in [0.25, 0.3) is 10.8 Å². The summed E-state index contributed by atoms with van der Waals surface area (Å²) in [4.78, 5) is 24.5. The first-order chi connectivity index (χ1) is 12.0. The highest BCUT2D eigenvalue weighted by molar-refractivity contribution is 6.04. The number of hydrogen-bond donors (Lipinski definition) is 1. The van der Waals surface area contributed by atoms with E-state index < -0.39 is 12.1 Å². The minimum atomic E-state index is -0.896. The molecular weight excluding hydrogens is 314 g/mol. The number of aryl methyl sites for hydroxylation is 1. The van der Waals surface area contributed by atoms with Gasteiger partial charge in [0, 0.05) is 11.1 Å². The summed E-state index contributed by atoms with van der Waals surface area (Å²) in [5, 5.41) is 4.81. The fourth-order valence-corrected chi connectivity index (χ4v) is 2.54. The summed E-state index contributed by atoms with van der Waals surface area (Å²) in [6, 6.07) is 20.5. The zero-order valence-corrected chi connectivity index (χ0v) is 14.2. The van der Waals surface area contributed by atoms with E-state index >= 15 is 0 Å². The molecule has 0 aromatic heterocycles. The van der Waals surface area contributed by atoms with Crippen LogP contribution in [-0.4, -0.2) is 18.0 Å². The molecule has 1 N–H and O–H groups in total. The molecule has 126 valence electrons. The number of fused-ring (bicyclic) bond motifs is 1. The average Bonchev–Trinajstić information content (AvgIpc) is 2.62. The Morgan fingerprint density at radius 2 is 1.60 bits per heavy atom. The molecule has 4 heteroatoms. The molecule has 25 heavy (non-hydrogen) atoms. The molecule has 0 radical (unpaired) electrons. The molecule has 0 unspecified atom stereocenters. The lowest BCUT2D eigenvalue weighted by Crippen LogP contribution is -2.30. The molecule has 0 saturated heterocycles. The Morgan fingerprint density at radius 1 is 0.920 bits per heavy atom. The van der Waals surface area contributed by atoms with Crippen LogP contribution in [0.15, 0.2) is 66.7 Å². The van der Waals surface area contributed by atoms with Crippen molar-refractivity contribution in [3.8, 4) is 0 Å². The van der Waals surface area contributed by atoms with E-state index in [1.807, 2.05) is 61.5 Å². The highest BCUT2D eigenvalue weighted by atomic mass is 16.5. The average molecular weight is 333 g/mol. The van der Waals surface area contributed by atoms with Crippen LogP contribution >= 0.6 is 0 Å². The molecule has 0 aliphatic rings. The largest absolute Gasteiger partial charge is 0.449 e. The number of anilines is 1. The molecule has 0 saturated carbocycles. The smallest absolute Gasteiger partial charge is 0.338 e. The summed E-state index contributed by atoms with van der Waals surface area (Å²) >= 11 is 0. The molecule has 0 spiro atoms. The van der Waals surface area contributed by atoms with Crippen LogP contribution in [0.4, 0.5) is 5.69 Å². The third kappa shape index (κ3) is 3.86. The molecule has 1 amide bonds. The minimum Gasteiger partial charge on any atom is -0.449 e. The zero-order chi connectivity index (χ0) is 17.8. The van der Waals surface area contributed by atoms with E-state index in [2.05, 4.69) is 5.32 Å². The highest BCUT2D eigenvalue weighted by Crippen LogP contribution is 2.23. The van der Waals surface area contributed by atoms with Crippen molar-refractivity contribution in [1.82, 2.24) is 0 Å². The maximum absolute atomic E-state index is 12.4. The van der Waals surface area contributed by atoms with E-state index in [1.54, 1.807) is 19.1 Å². The topological polar surface area (TPSA) is 55.4 Å². The third-order valence-electron chi connectivity index (χ3n) is 3.99. The number of carbonyl (C=O) groups is 2. The van der Waals surface area contributed by atoms with Crippen molar-refractivity contribution in [2.45, 2.75) is 20.0 Å². The van der Waals surface area contributed by atoms with Gasteiger partial charge in [0.05, 0.1) is 5.56 Å². The Labute approximate surface area is 146 Å². The monoisotopic (exact) mass is 333 g/mol. The predicted molar refractivity (Wildman–Crippen MR) is 98.6 cm³/mol. The van der Waals surface area contributed by atoms with Gasteiger partial charge in [-0.25, -0.2) is 4.79 Å². The molecule has 0 heterocycles. The number of carbonyl (C=O) groups excluding carboxylic acids is 2. The summed E-state index contributed by atoms with van der Waals surface area (Å²) < 4.78 is 5.27. The van der Waals surface area contributed by atoms with Gasteiger partial charge in [0.15, 0.2) is 6.10 Å². The second kappa shape index (κ2) is 7.18. The number of ether oxygens (including phenoxy) is 1. The van der Waals surface area contributed by atoms with E-state index in [0.717, 1.165) is 16.3 Å². The number of hydrogen-bond acceptors (Lipinski definition) is 3. The standard InChI is InChI=1S/C21H19NO3/c1-14-10-12-17(13-11-14)21(24)25-15(2)20(23)22-19-9-5-7-16-6-3-4-8-18(16)19/h3-13,15H,1-2H3,(H,22,23)/t15-/m1/s1. The third-order valence-corrected chi connectivity index (χ3v) is 3.99. The molecule has 0 bridgehead atoms. The summed E-state index contributed by atoms with van der Waals surface area (Å²) in [6.07, 6.45) is -0.896. The van der Waals surface area contributed by atoms with Gasteiger partial charge < -0.3 is 10.1 Å². The van der Waals surface area contributed by atoms with Crippen LogP contribution in [0.1, 0.15) is 22.8 Å². The fourth-order valence-electron chi connectivity index (χ4n) is 2.54. The van der Waals surface area contributed by atoms with Gasteiger partial charge in [-0.05, 0) is 37.4 Å². The van der Waals surface area contributed by atoms with Crippen molar-refractivity contribution >= 4 is 28.3 Å². The number of benzene rings is 3. The van der Waals surface area contributed by atoms with Gasteiger partial charge in [-0.15, -0.1) is 0 Å². The second-order valence-electron chi connectivity index (χ2n) is 5.93. The van der Waals surface area contributed by atoms with Crippen molar-refractivity contribution in [3.05, 3.63) is 77.9 Å². The van der Waals surface area contributed by atoms with Crippen molar-refractivity contribution < 1.29 is 14.3 Å². The second-order valence-corrected chi connectivity index (χ2v) is 5.93. The van der Waals surface area contributed by atoms with Gasteiger partial charge in [-0.2, -0.15) is 0 Å². The van der Waals surface area contributed by atoms with Crippen molar-refractivity contribution in [2.75, 3.05) is 5.32 Å². The summed E-state index contributed by atoms with van der Waals surface area (Å²) in [6.45, 7) is 3.50. The summed E-state index contributed by atoms with van der Waals surface area (Å²) in [5.74, 6) is -0.877. The Morgan fingerprint density at radius 3 is 2.36 bits per heavy atom. The fraction of sp³-hybridized carbons (Fsp3) is 0.143. The molecule has 3 aromatic carbocycles. The predicted octanol–water partition coefficient (Wildman–Crippen LogP) is 4.33. The highest BCUT2D eigenvalue weighted by Gasteiger charge is 2.19. The van der Waals surface area contributed by atoms with E-state index in [1.165, 1.54) is 0 Å². The van der Waals surface area contributed by atoms with Gasteiger partial charge in [0.2, 0.25) is 0 Å². The maximum atomic E-state index is 12.4. The molecule has 3 aromatic rings. The lowest BCUT2D eigenvalue weighted by atomic mass is 10.1. The number of nitrogens with one attached hydrogen (secondary N) is 1. The molecule has 0 aliphatic heterocycles. The van der Waals surface area contributed by atoms with E-state index in [-0.39, 0.29) is 5.91 Å². The van der Waals surface area contributed by atoms with Crippen LogP contribution < -0.4 is 5.32 Å². The molecule has 4 nitrogen and oxygen atoms in total. The lowest BCUT2D eigenvalue weighted by Gasteiger charge is -2.15. The molecule has 0 fully saturated rings. The Bertz CT molecular complexity index is 911. The molecule has 0 aliphatic carbocycles. The van der Waals surface area contributed by atoms with E-state index in [4.69, 9.17) is 4.74 Å². The van der Waals surface area contributed by atoms with Gasteiger partial charge >= 0.3 is 5.97 Å². The first-order valence-electron chi connectivity index (χ1n) is 8.11. The zero-order valence-electron chi connectivity index (χ0n) is 14.2. The van der Waals surface area contributed by atoms with Gasteiger partial charge in [0.1, 0.15) is 0 Å². The van der Waals surface area contributed by atoms with Gasteiger partial charge in [-0.3, -0.25) is 4.79 Å². The lowest BCUT2D eigenvalue weighted by molar-refractivity contribution is -0.123. The first-order valence-corrected chi connectivity index (χ1v) is 8.11. The van der Waals surface area contributed by atoms with Crippen LogP contribution in [0.2, 0.25) is 0 Å². The van der Waals surface area contributed by atoms with E-state index in [0.29, 0.717) is 11.3 Å². The molecule has 3 rings (SSSR count). The quantitative estimate of drug-likeness (QED) is 0.723. The summed E-state index contributed by atoms with van der Waals surface area (Å²) in [5.41, 5.74) is 2.18. The maximum Gasteiger partial charge on any atom is 0.338 e. The summed E-state index contributed by atoms with van der Waals surface area (Å²) in [7, 11) is 0. The Kier molecular flexibility index (Phi) is 4.80. The van der Waals surface area contributed by atoms with Crippen molar-refractivity contribution in [2.24, 2.45) is 0 Å².